The fourth-order valence-corrected chi connectivity index (χ4v) is 11.4. The molecule has 2 bridgehead atoms. The Morgan fingerprint density at radius 3 is 2.31 bits per heavy atom. The van der Waals surface area contributed by atoms with Crippen LogP contribution in [0.5, 0.6) is 0 Å². The van der Waals surface area contributed by atoms with Gasteiger partial charge < -0.3 is 53.7 Å². The van der Waals surface area contributed by atoms with E-state index in [2.05, 4.69) is 6.58 Å². The molecule has 16 heteroatoms. The number of rotatable bonds is 13. The molecule has 0 spiro atoms. The molecule has 16 nitrogen and oxygen atoms in total. The number of ketones is 3. The van der Waals surface area contributed by atoms with E-state index in [1.165, 1.54) is 12.0 Å². The van der Waals surface area contributed by atoms with E-state index >= 15 is 0 Å². The molecule has 3 aliphatic heterocycles. The van der Waals surface area contributed by atoms with Crippen LogP contribution < -0.4 is 0 Å². The summed E-state index contributed by atoms with van der Waals surface area (Å²) in [5.74, 6) is -8.76. The third-order valence-electron chi connectivity index (χ3n) is 16.4. The summed E-state index contributed by atoms with van der Waals surface area (Å²) in [6, 6.07) is 7.91. The average Bonchev–Trinajstić information content (AvgIpc) is 3.43. The normalized spacial score (nSPS) is 36.3. The number of allylic oxidation sites excluding steroid dienone is 7. The molecule has 3 fully saturated rings. The zero-order chi connectivity index (χ0) is 56.4. The first kappa shape index (κ1) is 63.3. The summed E-state index contributed by atoms with van der Waals surface area (Å²) in [7, 11) is 2.98. The Balaban J connectivity index is 1.50. The number of nitrogens with zero attached hydrogens (tertiary/aromatic N) is 1. The summed E-state index contributed by atoms with van der Waals surface area (Å²) in [6.07, 6.45) is 11.3. The Kier molecular flexibility index (Phi) is 25.3. The first-order valence-corrected chi connectivity index (χ1v) is 27.9. The van der Waals surface area contributed by atoms with Crippen LogP contribution in [0.3, 0.4) is 0 Å². The lowest BCUT2D eigenvalue weighted by Gasteiger charge is -2.43. The minimum atomic E-state index is -2.53. The Bertz CT molecular complexity index is 2230. The molecule has 1 amide bonds. The fraction of sp³-hybridized carbons (Fsp3) is 0.656. The van der Waals surface area contributed by atoms with Gasteiger partial charge in [-0.3, -0.25) is 19.2 Å². The van der Waals surface area contributed by atoms with Crippen molar-refractivity contribution >= 4 is 29.2 Å². The third-order valence-corrected chi connectivity index (χ3v) is 16.4. The van der Waals surface area contributed by atoms with Crippen molar-refractivity contribution in [3.63, 3.8) is 0 Å². The van der Waals surface area contributed by atoms with Crippen LogP contribution in [0, 0.1) is 35.5 Å². The van der Waals surface area contributed by atoms with Gasteiger partial charge >= 0.3 is 5.97 Å². The zero-order valence-corrected chi connectivity index (χ0v) is 46.8. The Morgan fingerprint density at radius 1 is 0.883 bits per heavy atom. The first-order chi connectivity index (χ1) is 36.8. The topological polar surface area (TPSA) is 225 Å². The van der Waals surface area contributed by atoms with Gasteiger partial charge in [0.1, 0.15) is 36.2 Å². The monoisotopic (exact) mass is 1080 g/mol. The lowest BCUT2D eigenvalue weighted by atomic mass is 9.78. The van der Waals surface area contributed by atoms with Gasteiger partial charge in [0.2, 0.25) is 5.79 Å². The number of benzene rings is 1. The smallest absolute Gasteiger partial charge is 0.329 e. The van der Waals surface area contributed by atoms with Gasteiger partial charge in [-0.1, -0.05) is 101 Å². The van der Waals surface area contributed by atoms with Gasteiger partial charge in [0.25, 0.3) is 11.7 Å². The van der Waals surface area contributed by atoms with E-state index in [-0.39, 0.29) is 87.2 Å². The van der Waals surface area contributed by atoms with Crippen molar-refractivity contribution in [2.75, 3.05) is 40.6 Å². The number of carbonyl (C=O) groups excluding carboxylic acids is 5. The number of hydrogen-bond acceptors (Lipinski definition) is 15. The lowest BCUT2D eigenvalue weighted by molar-refractivity contribution is -0.266. The molecule has 1 aromatic rings. The van der Waals surface area contributed by atoms with Gasteiger partial charge in [-0.05, 0) is 113 Å². The number of methoxy groups -OCH3 is 2. The van der Waals surface area contributed by atoms with E-state index in [0.29, 0.717) is 62.5 Å². The number of cyclic esters (lactones) is 1. The number of esters is 1. The molecule has 1 saturated carbocycles. The molecular formula is C61H89NO15. The van der Waals surface area contributed by atoms with Crippen LogP contribution in [0.15, 0.2) is 90.6 Å². The van der Waals surface area contributed by atoms with E-state index in [4.69, 9.17) is 28.4 Å². The van der Waals surface area contributed by atoms with Crippen molar-refractivity contribution in [2.24, 2.45) is 35.5 Å². The van der Waals surface area contributed by atoms with Crippen molar-refractivity contribution in [1.29, 1.82) is 0 Å². The van der Waals surface area contributed by atoms with Crippen molar-refractivity contribution < 1.29 is 72.8 Å². The third kappa shape index (κ3) is 17.5. The van der Waals surface area contributed by atoms with E-state index in [1.54, 1.807) is 59.1 Å². The second kappa shape index (κ2) is 30.8. The summed E-state index contributed by atoms with van der Waals surface area (Å²) in [4.78, 5) is 73.1. The Labute approximate surface area is 456 Å². The number of aliphatic hydroxyl groups excluding tert-OH is 3. The largest absolute Gasteiger partial charge is 0.460 e. The highest BCUT2D eigenvalue weighted by molar-refractivity contribution is 6.39. The summed E-state index contributed by atoms with van der Waals surface area (Å²) in [5.41, 5.74) is 1.78. The van der Waals surface area contributed by atoms with Gasteiger partial charge in [0, 0.05) is 51.4 Å². The molecule has 77 heavy (non-hydrogen) atoms. The highest BCUT2D eigenvalue weighted by Gasteiger charge is 2.53. The van der Waals surface area contributed by atoms with Crippen molar-refractivity contribution in [1.82, 2.24) is 4.90 Å². The second-order valence-electron chi connectivity index (χ2n) is 22.1. The first-order valence-electron chi connectivity index (χ1n) is 27.9. The van der Waals surface area contributed by atoms with E-state index in [0.717, 1.165) is 12.0 Å². The molecule has 4 aliphatic rings. The van der Waals surface area contributed by atoms with Crippen LogP contribution in [0.2, 0.25) is 0 Å². The Hall–Kier alpha value is -4.49. The summed E-state index contributed by atoms with van der Waals surface area (Å²) >= 11 is 0. The molecule has 5 rings (SSSR count). The molecule has 0 radical (unpaired) electrons. The lowest BCUT2D eigenvalue weighted by Crippen LogP contribution is -2.61. The van der Waals surface area contributed by atoms with Crippen LogP contribution in [0.1, 0.15) is 130 Å². The quantitative estimate of drug-likeness (QED) is 0.0854. The van der Waals surface area contributed by atoms with E-state index in [9.17, 15) is 44.4 Å². The van der Waals surface area contributed by atoms with Crippen LogP contribution in [0.25, 0.3) is 0 Å². The molecule has 1 aromatic carbocycles. The molecule has 3 heterocycles. The molecular weight excluding hydrogens is 987 g/mol. The van der Waals surface area contributed by atoms with Gasteiger partial charge in [-0.15, -0.1) is 6.58 Å². The highest BCUT2D eigenvalue weighted by Crippen LogP contribution is 2.38. The zero-order valence-electron chi connectivity index (χ0n) is 46.8. The number of piperidine rings is 1. The highest BCUT2D eigenvalue weighted by atomic mass is 16.6. The maximum absolute atomic E-state index is 14.6. The van der Waals surface area contributed by atoms with Gasteiger partial charge in [0.15, 0.2) is 5.78 Å². The maximum Gasteiger partial charge on any atom is 0.329 e. The molecule has 16 atom stereocenters. The number of hydrogen-bond donors (Lipinski definition) is 4. The number of aliphatic hydroxyl groups is 4. The maximum atomic E-state index is 14.6. The number of Topliss-reactive ketones (excluding diaryl/α,β-unsaturated/α-hetero) is 3. The summed E-state index contributed by atoms with van der Waals surface area (Å²) in [5, 5.41) is 44.3. The minimum absolute atomic E-state index is 0.0468. The molecule has 2 unspecified atom stereocenters. The van der Waals surface area contributed by atoms with E-state index in [1.807, 2.05) is 62.4 Å². The summed E-state index contributed by atoms with van der Waals surface area (Å²) < 4.78 is 36.4. The van der Waals surface area contributed by atoms with Crippen molar-refractivity contribution in [3.8, 4) is 0 Å². The SMILES string of the molecule is C=C[C@@H]1/C=C/C=C/C=C(\C)C(OC[C@H](O)c2ccccc2)C[C@@H]2CC[C@@H](C)[C@@](O)(O2)C(=O)C(=O)N2CCCCC2C(=O)O[C@H]([C@H](C)C[C@@H]2CC[C@@H](OCCO)[C@H](OC)C2)CC(=O)[C@H](C)/C=C(\C)[C@@H](O)[C@@H](OC)C(=O)[C@H](C)C1. The number of ether oxygens (including phenoxy) is 6. The van der Waals surface area contributed by atoms with Gasteiger partial charge in [-0.2, -0.15) is 0 Å². The van der Waals surface area contributed by atoms with Crippen LogP contribution in [-0.2, 0) is 52.4 Å². The Morgan fingerprint density at radius 2 is 1.62 bits per heavy atom. The fourth-order valence-electron chi connectivity index (χ4n) is 11.4. The molecule has 2 saturated heterocycles. The molecule has 1 aliphatic carbocycles. The van der Waals surface area contributed by atoms with Crippen LogP contribution >= 0.6 is 0 Å². The van der Waals surface area contributed by atoms with Crippen LogP contribution in [-0.4, -0.2) is 150 Å². The van der Waals surface area contributed by atoms with Gasteiger partial charge in [-0.25, -0.2) is 4.79 Å². The molecule has 4 N–H and O–H groups in total. The minimum Gasteiger partial charge on any atom is -0.460 e. The summed E-state index contributed by atoms with van der Waals surface area (Å²) in [6.45, 7) is 14.6. The van der Waals surface area contributed by atoms with Crippen molar-refractivity contribution in [3.05, 3.63) is 96.2 Å². The average molecular weight is 1080 g/mol. The molecule has 428 valence electrons. The number of amides is 1. The standard InChI is InChI=1S/C61H89NO15/c1-10-44-20-14-11-13-19-38(2)52(75-37-50(65)46-21-15-12-16-22-46)35-47-26-24-43(7)61(71,77-47)58(68)59(69)62-28-18-17-23-48(62)60(70)76-53(40(4)32-45-25-27-51(74-30-29-63)54(34-45)72-8)36-49(64)39(3)31-41(5)55(66)57(73-9)56(67)42(6)33-44/h10-16,19-22,31,39-40,42-45,47-48,50-55,57,63,65-66,71H,1,17-18,23-30,32-37H2,2-9H3/b13-11+,20-14+,38-19+,41-31+/t39-,40-,42-,43-,44-,45+,47+,48?,50+,51-,52?,53+,54-,55-,57-,61-/m1/s1. The molecule has 0 aromatic heterocycles. The predicted molar refractivity (Wildman–Crippen MR) is 291 cm³/mol. The number of carbonyl (C=O) groups is 5. The predicted octanol–water partition coefficient (Wildman–Crippen LogP) is 7.47. The number of fused-ring (bicyclic) bond motifs is 3. The van der Waals surface area contributed by atoms with Crippen molar-refractivity contribution in [2.45, 2.75) is 179 Å². The van der Waals surface area contributed by atoms with Crippen LogP contribution in [0.4, 0.5) is 0 Å². The van der Waals surface area contributed by atoms with E-state index < -0.39 is 83.9 Å². The second-order valence-corrected chi connectivity index (χ2v) is 22.1. The van der Waals surface area contributed by atoms with Gasteiger partial charge in [0.05, 0.1) is 44.2 Å².